The minimum atomic E-state index is -0.726. The molecule has 2 N–H and O–H groups in total. The lowest BCUT2D eigenvalue weighted by atomic mass is 10.0. The zero-order chi connectivity index (χ0) is 21.3. The first-order valence-electron chi connectivity index (χ1n) is 9.53. The van der Waals surface area contributed by atoms with E-state index in [4.69, 9.17) is 0 Å². The van der Waals surface area contributed by atoms with Crippen LogP contribution in [0.5, 0.6) is 5.88 Å². The van der Waals surface area contributed by atoms with E-state index < -0.39 is 17.1 Å². The Labute approximate surface area is 175 Å². The van der Waals surface area contributed by atoms with E-state index in [9.17, 15) is 19.5 Å². The summed E-state index contributed by atoms with van der Waals surface area (Å²) in [4.78, 5) is 40.6. The Morgan fingerprint density at radius 1 is 1.23 bits per heavy atom. The largest absolute Gasteiger partial charge is 0.494 e. The predicted molar refractivity (Wildman–Crippen MR) is 114 cm³/mol. The van der Waals surface area contributed by atoms with Gasteiger partial charge in [0.25, 0.3) is 5.56 Å². The fourth-order valence-corrected chi connectivity index (χ4v) is 4.30. The molecule has 1 atom stereocenters. The van der Waals surface area contributed by atoms with Crippen molar-refractivity contribution >= 4 is 23.0 Å². The SMILES string of the molecule is CCC(=O)N1N=C(c2c(O)n(Cc3ccccc3)c(=O)[nH]c2=O)C[C@@H]1c1cccs1. The molecule has 0 saturated heterocycles. The molecular weight excluding hydrogens is 404 g/mol. The Morgan fingerprint density at radius 3 is 2.67 bits per heavy atom. The zero-order valence-electron chi connectivity index (χ0n) is 16.2. The van der Waals surface area contributed by atoms with Crippen LogP contribution in [0.1, 0.15) is 41.8 Å². The van der Waals surface area contributed by atoms with Crippen LogP contribution in [0.3, 0.4) is 0 Å². The van der Waals surface area contributed by atoms with Crippen LogP contribution in [-0.4, -0.2) is 31.3 Å². The third-order valence-electron chi connectivity index (χ3n) is 4.98. The van der Waals surface area contributed by atoms with Gasteiger partial charge in [0.2, 0.25) is 11.8 Å². The van der Waals surface area contributed by atoms with Crippen LogP contribution in [-0.2, 0) is 11.3 Å². The standard InChI is InChI=1S/C21H20N4O4S/c1-2-17(26)25-15(16-9-6-10-30-16)11-14(23-25)18-19(27)22-21(29)24(20(18)28)12-13-7-4-3-5-8-13/h3-10,15,28H,2,11-12H2,1H3,(H,22,27,29)/t15-/m1/s1. The fourth-order valence-electron chi connectivity index (χ4n) is 3.49. The molecule has 30 heavy (non-hydrogen) atoms. The Kier molecular flexibility index (Phi) is 5.37. The Morgan fingerprint density at radius 2 is 2.00 bits per heavy atom. The fraction of sp³-hybridized carbons (Fsp3) is 0.238. The molecular formula is C21H20N4O4S. The molecule has 1 amide bonds. The number of benzene rings is 1. The molecule has 8 nitrogen and oxygen atoms in total. The van der Waals surface area contributed by atoms with E-state index in [1.165, 1.54) is 16.3 Å². The zero-order valence-corrected chi connectivity index (χ0v) is 17.1. The number of carbonyl (C=O) groups is 1. The summed E-state index contributed by atoms with van der Waals surface area (Å²) >= 11 is 1.49. The maximum atomic E-state index is 12.6. The summed E-state index contributed by atoms with van der Waals surface area (Å²) < 4.78 is 1.10. The second-order valence-corrected chi connectivity index (χ2v) is 7.88. The monoisotopic (exact) mass is 424 g/mol. The second-order valence-electron chi connectivity index (χ2n) is 6.90. The average molecular weight is 424 g/mol. The third kappa shape index (κ3) is 3.59. The molecule has 154 valence electrons. The van der Waals surface area contributed by atoms with Gasteiger partial charge in [-0.1, -0.05) is 43.3 Å². The molecule has 3 aromatic rings. The normalized spacial score (nSPS) is 16.0. The molecule has 0 spiro atoms. The number of thiophene rings is 1. The molecule has 0 fully saturated rings. The average Bonchev–Trinajstić information content (AvgIpc) is 3.41. The van der Waals surface area contributed by atoms with Crippen molar-refractivity contribution in [3.05, 3.63) is 84.7 Å². The van der Waals surface area contributed by atoms with Crippen molar-refractivity contribution in [1.29, 1.82) is 0 Å². The van der Waals surface area contributed by atoms with E-state index >= 15 is 0 Å². The predicted octanol–water partition coefficient (Wildman–Crippen LogP) is 2.44. The number of nitrogens with one attached hydrogen (secondary N) is 1. The van der Waals surface area contributed by atoms with Crippen LogP contribution < -0.4 is 11.2 Å². The number of amides is 1. The van der Waals surface area contributed by atoms with Crippen LogP contribution in [0.2, 0.25) is 0 Å². The number of aromatic hydroxyl groups is 1. The lowest BCUT2D eigenvalue weighted by Gasteiger charge is -2.19. The smallest absolute Gasteiger partial charge is 0.331 e. The van der Waals surface area contributed by atoms with Gasteiger partial charge in [0.05, 0.1) is 18.3 Å². The molecule has 1 aliphatic rings. The number of aromatic amines is 1. The molecule has 1 aromatic carbocycles. The van der Waals surface area contributed by atoms with Gasteiger partial charge in [0.15, 0.2) is 0 Å². The maximum Gasteiger partial charge on any atom is 0.331 e. The van der Waals surface area contributed by atoms with E-state index in [2.05, 4.69) is 10.1 Å². The summed E-state index contributed by atoms with van der Waals surface area (Å²) in [5.41, 5.74) is -0.453. The first-order chi connectivity index (χ1) is 14.5. The molecule has 3 heterocycles. The summed E-state index contributed by atoms with van der Waals surface area (Å²) in [5.74, 6) is -0.640. The van der Waals surface area contributed by atoms with Crippen molar-refractivity contribution in [3.63, 3.8) is 0 Å². The quantitative estimate of drug-likeness (QED) is 0.656. The van der Waals surface area contributed by atoms with Gasteiger partial charge in [-0.05, 0) is 17.0 Å². The van der Waals surface area contributed by atoms with Gasteiger partial charge in [-0.3, -0.25) is 19.1 Å². The number of nitrogens with zero attached hydrogens (tertiary/aromatic N) is 3. The van der Waals surface area contributed by atoms with Crippen LogP contribution >= 0.6 is 11.3 Å². The molecule has 1 aliphatic heterocycles. The van der Waals surface area contributed by atoms with Gasteiger partial charge in [0, 0.05) is 17.7 Å². The van der Waals surface area contributed by atoms with Crippen molar-refractivity contribution in [2.75, 3.05) is 0 Å². The van der Waals surface area contributed by atoms with Gasteiger partial charge in [-0.15, -0.1) is 11.3 Å². The molecule has 4 rings (SSSR count). The first kappa shape index (κ1) is 19.8. The highest BCUT2D eigenvalue weighted by Gasteiger charge is 2.35. The van der Waals surface area contributed by atoms with E-state index in [1.54, 1.807) is 6.92 Å². The van der Waals surface area contributed by atoms with Crippen LogP contribution in [0.4, 0.5) is 0 Å². The summed E-state index contributed by atoms with van der Waals surface area (Å²) in [6.45, 7) is 1.83. The van der Waals surface area contributed by atoms with Crippen molar-refractivity contribution < 1.29 is 9.90 Å². The Bertz CT molecular complexity index is 1210. The minimum absolute atomic E-state index is 0.0847. The van der Waals surface area contributed by atoms with Gasteiger partial charge < -0.3 is 5.11 Å². The number of rotatable bonds is 5. The lowest BCUT2D eigenvalue weighted by Crippen LogP contribution is -2.34. The summed E-state index contributed by atoms with van der Waals surface area (Å²) in [7, 11) is 0. The van der Waals surface area contributed by atoms with E-state index in [1.807, 2.05) is 47.8 Å². The van der Waals surface area contributed by atoms with Gasteiger partial charge in [0.1, 0.15) is 5.56 Å². The number of aromatic nitrogens is 2. The summed E-state index contributed by atoms with van der Waals surface area (Å²) in [6, 6.07) is 12.6. The number of carbonyl (C=O) groups excluding carboxylic acids is 1. The highest BCUT2D eigenvalue weighted by Crippen LogP contribution is 2.36. The molecule has 0 unspecified atom stereocenters. The van der Waals surface area contributed by atoms with Crippen molar-refractivity contribution in [2.45, 2.75) is 32.4 Å². The van der Waals surface area contributed by atoms with E-state index in [-0.39, 0.29) is 42.6 Å². The van der Waals surface area contributed by atoms with Gasteiger partial charge in [-0.25, -0.2) is 9.80 Å². The topological polar surface area (TPSA) is 108 Å². The van der Waals surface area contributed by atoms with Crippen molar-refractivity contribution in [2.24, 2.45) is 5.10 Å². The minimum Gasteiger partial charge on any atom is -0.494 e. The molecule has 0 radical (unpaired) electrons. The maximum absolute atomic E-state index is 12.6. The number of hydrazone groups is 1. The second kappa shape index (κ2) is 8.11. The molecule has 9 heteroatoms. The summed E-state index contributed by atoms with van der Waals surface area (Å²) in [5, 5.41) is 18.5. The van der Waals surface area contributed by atoms with Crippen molar-refractivity contribution in [1.82, 2.24) is 14.6 Å². The molecule has 0 aliphatic carbocycles. The van der Waals surface area contributed by atoms with Crippen LogP contribution in [0.15, 0.2) is 62.5 Å². The number of H-pyrrole nitrogens is 1. The third-order valence-corrected chi connectivity index (χ3v) is 5.96. The van der Waals surface area contributed by atoms with E-state index in [0.29, 0.717) is 0 Å². The lowest BCUT2D eigenvalue weighted by molar-refractivity contribution is -0.132. The van der Waals surface area contributed by atoms with Crippen LogP contribution in [0.25, 0.3) is 0 Å². The van der Waals surface area contributed by atoms with Gasteiger partial charge >= 0.3 is 5.69 Å². The highest BCUT2D eigenvalue weighted by atomic mass is 32.1. The van der Waals surface area contributed by atoms with Crippen molar-refractivity contribution in [3.8, 4) is 5.88 Å². The van der Waals surface area contributed by atoms with Gasteiger partial charge in [-0.2, -0.15) is 5.10 Å². The van der Waals surface area contributed by atoms with E-state index in [0.717, 1.165) is 15.0 Å². The number of hydrogen-bond donors (Lipinski definition) is 2. The van der Waals surface area contributed by atoms with Crippen LogP contribution in [0, 0.1) is 0 Å². The Balaban J connectivity index is 1.78. The molecule has 2 aromatic heterocycles. The first-order valence-corrected chi connectivity index (χ1v) is 10.4. The highest BCUT2D eigenvalue weighted by molar-refractivity contribution is 7.10. The Hall–Kier alpha value is -3.46. The number of hydrogen-bond acceptors (Lipinski definition) is 6. The molecule has 0 saturated carbocycles. The summed E-state index contributed by atoms with van der Waals surface area (Å²) in [6.07, 6.45) is 0.529. The molecule has 0 bridgehead atoms.